The third-order valence-corrected chi connectivity index (χ3v) is 9.83. The molecule has 0 unspecified atom stereocenters. The van der Waals surface area contributed by atoms with Crippen LogP contribution in [0.1, 0.15) is 64.4 Å². The first-order chi connectivity index (χ1) is 13.9. The first-order valence-electron chi connectivity index (χ1n) is 11.6. The first-order valence-corrected chi connectivity index (χ1v) is 12.0. The van der Waals surface area contributed by atoms with E-state index in [2.05, 4.69) is 37.4 Å². The highest BCUT2D eigenvalue weighted by Crippen LogP contribution is 2.65. The number of fused-ring (bicyclic) bond motifs is 5. The molecule has 3 aliphatic carbocycles. The molecule has 2 nitrogen and oxygen atoms in total. The molecule has 3 saturated carbocycles. The second-order valence-corrected chi connectivity index (χ2v) is 11.1. The van der Waals surface area contributed by atoms with Crippen molar-refractivity contribution in [2.24, 2.45) is 34.5 Å². The summed E-state index contributed by atoms with van der Waals surface area (Å²) in [5.74, 6) is 3.37. The lowest BCUT2D eigenvalue weighted by atomic mass is 9.48. The van der Waals surface area contributed by atoms with Crippen molar-refractivity contribution >= 4 is 17.5 Å². The van der Waals surface area contributed by atoms with E-state index in [0.29, 0.717) is 11.5 Å². The zero-order valence-corrected chi connectivity index (χ0v) is 18.5. The molecular formula is C26H34ClNO. The van der Waals surface area contributed by atoms with Gasteiger partial charge in [0.05, 0.1) is 0 Å². The fraction of sp³-hybridized carbons (Fsp3) is 0.654. The molecule has 1 heterocycles. The SMILES string of the molecule is C[C@]12C=CC(=O)N[C@@H]1CC[C@@H]1[C@@H]2CC[C@]2(C)[C@@H](CCc3ccc(Cl)cc3)CC[C@@H]12. The highest BCUT2D eigenvalue weighted by atomic mass is 35.5. The molecule has 0 aromatic heterocycles. The average Bonchev–Trinajstić information content (AvgIpc) is 3.04. The Kier molecular flexibility index (Phi) is 4.85. The molecule has 29 heavy (non-hydrogen) atoms. The Morgan fingerprint density at radius 3 is 2.62 bits per heavy atom. The van der Waals surface area contributed by atoms with Gasteiger partial charge in [-0.25, -0.2) is 0 Å². The van der Waals surface area contributed by atoms with E-state index in [4.69, 9.17) is 11.6 Å². The maximum Gasteiger partial charge on any atom is 0.243 e. The minimum absolute atomic E-state index is 0.106. The van der Waals surface area contributed by atoms with Crippen molar-refractivity contribution in [3.8, 4) is 0 Å². The van der Waals surface area contributed by atoms with Gasteiger partial charge in [0, 0.05) is 16.5 Å². The lowest BCUT2D eigenvalue weighted by Gasteiger charge is -2.59. The van der Waals surface area contributed by atoms with Gasteiger partial charge in [0.1, 0.15) is 0 Å². The van der Waals surface area contributed by atoms with E-state index in [-0.39, 0.29) is 11.3 Å². The van der Waals surface area contributed by atoms with E-state index < -0.39 is 0 Å². The number of carbonyl (C=O) groups excluding carboxylic acids is 1. The summed E-state index contributed by atoms with van der Waals surface area (Å²) in [7, 11) is 0. The Morgan fingerprint density at radius 1 is 1.03 bits per heavy atom. The van der Waals surface area contributed by atoms with Crippen LogP contribution in [-0.4, -0.2) is 11.9 Å². The number of amides is 1. The third-order valence-electron chi connectivity index (χ3n) is 9.58. The van der Waals surface area contributed by atoms with Crippen molar-refractivity contribution in [3.63, 3.8) is 0 Å². The number of carbonyl (C=O) groups is 1. The number of nitrogens with one attached hydrogen (secondary N) is 1. The zero-order chi connectivity index (χ0) is 20.2. The highest BCUT2D eigenvalue weighted by molar-refractivity contribution is 6.30. The van der Waals surface area contributed by atoms with Gasteiger partial charge in [0.25, 0.3) is 0 Å². The molecule has 0 spiro atoms. The van der Waals surface area contributed by atoms with Gasteiger partial charge in [-0.2, -0.15) is 0 Å². The van der Waals surface area contributed by atoms with Crippen molar-refractivity contribution in [2.75, 3.05) is 0 Å². The minimum atomic E-state index is 0.106. The van der Waals surface area contributed by atoms with Crippen molar-refractivity contribution < 1.29 is 4.79 Å². The summed E-state index contributed by atoms with van der Waals surface area (Å²) < 4.78 is 0. The van der Waals surface area contributed by atoms with Gasteiger partial charge in [-0.3, -0.25) is 4.79 Å². The van der Waals surface area contributed by atoms with Gasteiger partial charge >= 0.3 is 0 Å². The zero-order valence-electron chi connectivity index (χ0n) is 17.8. The molecule has 0 saturated heterocycles. The quantitative estimate of drug-likeness (QED) is 0.631. The molecule has 4 aliphatic rings. The van der Waals surface area contributed by atoms with Crippen LogP contribution in [0.4, 0.5) is 0 Å². The summed E-state index contributed by atoms with van der Waals surface area (Å²) in [6.45, 7) is 5.03. The van der Waals surface area contributed by atoms with Crippen molar-refractivity contribution in [1.82, 2.24) is 5.32 Å². The topological polar surface area (TPSA) is 29.1 Å². The van der Waals surface area contributed by atoms with E-state index in [1.807, 2.05) is 12.1 Å². The van der Waals surface area contributed by atoms with Crippen LogP contribution in [0.15, 0.2) is 36.4 Å². The number of halogens is 1. The van der Waals surface area contributed by atoms with Gasteiger partial charge in [-0.15, -0.1) is 0 Å². The Hall–Kier alpha value is -1.28. The summed E-state index contributed by atoms with van der Waals surface area (Å²) >= 11 is 6.06. The molecule has 1 aromatic carbocycles. The van der Waals surface area contributed by atoms with Gasteiger partial charge in [0.15, 0.2) is 0 Å². The molecule has 1 aromatic rings. The van der Waals surface area contributed by atoms with Crippen molar-refractivity contribution in [3.05, 3.63) is 47.0 Å². The predicted molar refractivity (Wildman–Crippen MR) is 119 cm³/mol. The summed E-state index contributed by atoms with van der Waals surface area (Å²) in [6.07, 6.45) is 14.5. The van der Waals surface area contributed by atoms with Crippen LogP contribution in [0.3, 0.4) is 0 Å². The predicted octanol–water partition coefficient (Wildman–Crippen LogP) is 6.19. The normalized spacial score (nSPS) is 43.3. The Labute approximate surface area is 180 Å². The standard InChI is InChI=1S/C26H34ClNO/c1-25-15-13-22-20(10-12-23-26(22,2)16-14-24(29)28-23)21(25)11-7-18(25)6-3-17-4-8-19(27)9-5-17/h4-5,8-9,14,16,18,20-23H,3,6-7,10-13,15H2,1-2H3,(H,28,29)/t18-,20-,21-,22-,23+,25+,26+/m0/s1. The monoisotopic (exact) mass is 411 g/mol. The summed E-state index contributed by atoms with van der Waals surface area (Å²) in [4.78, 5) is 11.9. The van der Waals surface area contributed by atoms with Gasteiger partial charge < -0.3 is 5.32 Å². The summed E-state index contributed by atoms with van der Waals surface area (Å²) in [5.41, 5.74) is 2.07. The van der Waals surface area contributed by atoms with Crippen LogP contribution in [0.25, 0.3) is 0 Å². The first kappa shape index (κ1) is 19.7. The minimum Gasteiger partial charge on any atom is -0.349 e. The highest BCUT2D eigenvalue weighted by Gasteiger charge is 2.59. The molecular weight excluding hydrogens is 378 g/mol. The molecule has 3 heteroatoms. The Bertz CT molecular complexity index is 817. The number of benzene rings is 1. The number of hydrogen-bond donors (Lipinski definition) is 1. The smallest absolute Gasteiger partial charge is 0.243 e. The maximum absolute atomic E-state index is 11.9. The van der Waals surface area contributed by atoms with Crippen LogP contribution >= 0.6 is 11.6 Å². The number of aryl methyl sites for hydroxylation is 1. The lowest BCUT2D eigenvalue weighted by molar-refractivity contribution is -0.122. The largest absolute Gasteiger partial charge is 0.349 e. The van der Waals surface area contributed by atoms with E-state index in [9.17, 15) is 4.79 Å². The van der Waals surface area contributed by atoms with Crippen LogP contribution in [0, 0.1) is 34.5 Å². The maximum atomic E-state index is 11.9. The fourth-order valence-corrected chi connectivity index (χ4v) is 8.03. The van der Waals surface area contributed by atoms with E-state index >= 15 is 0 Å². The average molecular weight is 412 g/mol. The third kappa shape index (κ3) is 3.17. The molecule has 1 aliphatic heterocycles. The second kappa shape index (κ2) is 7.15. The van der Waals surface area contributed by atoms with Gasteiger partial charge in [-0.05, 0) is 104 Å². The second-order valence-electron chi connectivity index (χ2n) is 10.7. The summed E-state index contributed by atoms with van der Waals surface area (Å²) in [5, 5.41) is 4.11. The number of hydrogen-bond acceptors (Lipinski definition) is 1. The Balaban J connectivity index is 1.32. The molecule has 0 bridgehead atoms. The van der Waals surface area contributed by atoms with Crippen LogP contribution in [0.2, 0.25) is 5.02 Å². The molecule has 1 N–H and O–H groups in total. The van der Waals surface area contributed by atoms with Crippen molar-refractivity contribution in [2.45, 2.75) is 71.3 Å². The fourth-order valence-electron chi connectivity index (χ4n) is 7.91. The van der Waals surface area contributed by atoms with E-state index in [1.54, 1.807) is 6.08 Å². The lowest BCUT2D eigenvalue weighted by Crippen LogP contribution is -2.59. The molecule has 1 amide bonds. The Morgan fingerprint density at radius 2 is 1.83 bits per heavy atom. The molecule has 5 rings (SSSR count). The van der Waals surface area contributed by atoms with E-state index in [1.165, 1.54) is 50.5 Å². The molecule has 0 radical (unpaired) electrons. The van der Waals surface area contributed by atoms with Gasteiger partial charge in [-0.1, -0.05) is 43.7 Å². The molecule has 3 fully saturated rings. The molecule has 156 valence electrons. The van der Waals surface area contributed by atoms with Crippen LogP contribution in [0.5, 0.6) is 0 Å². The van der Waals surface area contributed by atoms with Gasteiger partial charge in [0.2, 0.25) is 5.91 Å². The molecule has 7 atom stereocenters. The van der Waals surface area contributed by atoms with Crippen LogP contribution < -0.4 is 5.32 Å². The number of rotatable bonds is 3. The van der Waals surface area contributed by atoms with E-state index in [0.717, 1.165) is 35.1 Å². The van der Waals surface area contributed by atoms with Crippen LogP contribution in [-0.2, 0) is 11.2 Å². The summed E-state index contributed by atoms with van der Waals surface area (Å²) in [6, 6.07) is 8.78. The van der Waals surface area contributed by atoms with Crippen molar-refractivity contribution in [1.29, 1.82) is 0 Å².